The van der Waals surface area contributed by atoms with Crippen molar-refractivity contribution >= 4 is 5.91 Å². The van der Waals surface area contributed by atoms with Crippen molar-refractivity contribution in [3.63, 3.8) is 0 Å². The van der Waals surface area contributed by atoms with Crippen LogP contribution in [0.3, 0.4) is 0 Å². The Labute approximate surface area is 112 Å². The van der Waals surface area contributed by atoms with E-state index in [1.54, 1.807) is 26.0 Å². The SMILES string of the molecule is CCC(OC)C(C)C(C)C(COC)N(C)C(C)=O. The molecule has 0 radical (unpaired) electrons. The summed E-state index contributed by atoms with van der Waals surface area (Å²) in [5, 5.41) is 0. The molecule has 0 saturated heterocycles. The van der Waals surface area contributed by atoms with Gasteiger partial charge in [0.2, 0.25) is 5.91 Å². The van der Waals surface area contributed by atoms with Gasteiger partial charge in [-0.3, -0.25) is 4.79 Å². The van der Waals surface area contributed by atoms with Crippen molar-refractivity contribution in [1.82, 2.24) is 4.90 Å². The first-order valence-electron chi connectivity index (χ1n) is 6.65. The lowest BCUT2D eigenvalue weighted by molar-refractivity contribution is -0.133. The van der Waals surface area contributed by atoms with E-state index in [4.69, 9.17) is 9.47 Å². The third-order valence-corrected chi connectivity index (χ3v) is 4.06. The molecule has 0 aliphatic heterocycles. The van der Waals surface area contributed by atoms with Gasteiger partial charge in [0.1, 0.15) is 0 Å². The number of hydrogen-bond acceptors (Lipinski definition) is 3. The van der Waals surface area contributed by atoms with Crippen molar-refractivity contribution < 1.29 is 14.3 Å². The van der Waals surface area contributed by atoms with E-state index >= 15 is 0 Å². The normalized spacial score (nSPS) is 17.9. The summed E-state index contributed by atoms with van der Waals surface area (Å²) in [5.41, 5.74) is 0. The van der Waals surface area contributed by atoms with Gasteiger partial charge in [-0.15, -0.1) is 0 Å². The second-order valence-electron chi connectivity index (χ2n) is 5.05. The number of ether oxygens (including phenoxy) is 2. The van der Waals surface area contributed by atoms with Crippen molar-refractivity contribution in [1.29, 1.82) is 0 Å². The van der Waals surface area contributed by atoms with Crippen LogP contribution in [0.4, 0.5) is 0 Å². The molecule has 1 amide bonds. The highest BCUT2D eigenvalue weighted by atomic mass is 16.5. The number of nitrogens with zero attached hydrogens (tertiary/aromatic N) is 1. The van der Waals surface area contributed by atoms with E-state index < -0.39 is 0 Å². The first kappa shape index (κ1) is 17.4. The van der Waals surface area contributed by atoms with Gasteiger partial charge >= 0.3 is 0 Å². The van der Waals surface area contributed by atoms with Crippen LogP contribution < -0.4 is 0 Å². The van der Waals surface area contributed by atoms with Crippen molar-refractivity contribution in [2.24, 2.45) is 11.8 Å². The van der Waals surface area contributed by atoms with Gasteiger partial charge in [-0.1, -0.05) is 20.8 Å². The molecule has 0 spiro atoms. The summed E-state index contributed by atoms with van der Waals surface area (Å²) < 4.78 is 10.8. The van der Waals surface area contributed by atoms with Gasteiger partial charge in [0.25, 0.3) is 0 Å². The second kappa shape index (κ2) is 8.48. The van der Waals surface area contributed by atoms with Crippen molar-refractivity contribution in [2.75, 3.05) is 27.9 Å². The van der Waals surface area contributed by atoms with Crippen LogP contribution >= 0.6 is 0 Å². The molecular weight excluding hydrogens is 230 g/mol. The molecule has 0 aliphatic rings. The molecule has 18 heavy (non-hydrogen) atoms. The molecule has 0 fully saturated rings. The van der Waals surface area contributed by atoms with Gasteiger partial charge in [-0.05, 0) is 18.3 Å². The number of carbonyl (C=O) groups excluding carboxylic acids is 1. The predicted octanol–water partition coefficient (Wildman–Crippen LogP) is 2.18. The molecule has 4 atom stereocenters. The maximum atomic E-state index is 11.5. The van der Waals surface area contributed by atoms with Crippen molar-refractivity contribution in [3.8, 4) is 0 Å². The third kappa shape index (κ3) is 4.58. The lowest BCUT2D eigenvalue weighted by Crippen LogP contribution is -2.46. The van der Waals surface area contributed by atoms with E-state index in [1.165, 1.54) is 0 Å². The minimum Gasteiger partial charge on any atom is -0.383 e. The number of amides is 1. The molecule has 0 saturated carbocycles. The van der Waals surface area contributed by atoms with Gasteiger partial charge in [-0.2, -0.15) is 0 Å². The number of methoxy groups -OCH3 is 2. The van der Waals surface area contributed by atoms with Gasteiger partial charge < -0.3 is 14.4 Å². The molecule has 4 nitrogen and oxygen atoms in total. The highest BCUT2D eigenvalue weighted by molar-refractivity contribution is 5.73. The van der Waals surface area contributed by atoms with Crippen LogP contribution in [-0.2, 0) is 14.3 Å². The van der Waals surface area contributed by atoms with Gasteiger partial charge in [0.05, 0.1) is 18.8 Å². The van der Waals surface area contributed by atoms with E-state index in [-0.39, 0.29) is 18.1 Å². The number of hydrogen-bond donors (Lipinski definition) is 0. The predicted molar refractivity (Wildman–Crippen MR) is 73.5 cm³/mol. The summed E-state index contributed by atoms with van der Waals surface area (Å²) >= 11 is 0. The molecule has 0 aromatic rings. The molecule has 4 unspecified atom stereocenters. The molecule has 0 aromatic heterocycles. The number of rotatable bonds is 8. The Balaban J connectivity index is 4.83. The molecule has 0 aromatic carbocycles. The van der Waals surface area contributed by atoms with E-state index in [0.29, 0.717) is 18.4 Å². The highest BCUT2D eigenvalue weighted by Gasteiger charge is 2.31. The third-order valence-electron chi connectivity index (χ3n) is 4.06. The molecule has 4 heteroatoms. The Kier molecular flexibility index (Phi) is 8.20. The summed E-state index contributed by atoms with van der Waals surface area (Å²) in [5.74, 6) is 0.771. The number of carbonyl (C=O) groups is 1. The Morgan fingerprint density at radius 2 is 1.78 bits per heavy atom. The van der Waals surface area contributed by atoms with Gasteiger partial charge in [-0.25, -0.2) is 0 Å². The topological polar surface area (TPSA) is 38.8 Å². The maximum Gasteiger partial charge on any atom is 0.219 e. The summed E-state index contributed by atoms with van der Waals surface area (Å²) in [6.45, 7) is 8.61. The second-order valence-corrected chi connectivity index (χ2v) is 5.05. The first-order chi connectivity index (χ1) is 8.40. The molecule has 0 N–H and O–H groups in total. The lowest BCUT2D eigenvalue weighted by Gasteiger charge is -2.37. The molecule has 0 heterocycles. The Hall–Kier alpha value is -0.610. The first-order valence-corrected chi connectivity index (χ1v) is 6.65. The van der Waals surface area contributed by atoms with E-state index in [1.807, 2.05) is 7.05 Å². The zero-order valence-corrected chi connectivity index (χ0v) is 12.9. The molecule has 0 bridgehead atoms. The summed E-state index contributed by atoms with van der Waals surface area (Å²) in [6.07, 6.45) is 1.20. The fourth-order valence-corrected chi connectivity index (χ4v) is 2.46. The lowest BCUT2D eigenvalue weighted by atomic mass is 9.83. The van der Waals surface area contributed by atoms with Gasteiger partial charge in [0.15, 0.2) is 0 Å². The van der Waals surface area contributed by atoms with Gasteiger partial charge in [0, 0.05) is 28.2 Å². The van der Waals surface area contributed by atoms with E-state index in [9.17, 15) is 4.79 Å². The summed E-state index contributed by atoms with van der Waals surface area (Å²) in [7, 11) is 5.26. The number of likely N-dealkylation sites (N-methyl/N-ethyl adjacent to an activating group) is 1. The highest BCUT2D eigenvalue weighted by Crippen LogP contribution is 2.25. The summed E-state index contributed by atoms with van der Waals surface area (Å²) in [4.78, 5) is 13.3. The van der Waals surface area contributed by atoms with Crippen LogP contribution in [-0.4, -0.2) is 50.8 Å². The van der Waals surface area contributed by atoms with Crippen LogP contribution in [0.2, 0.25) is 0 Å². The van der Waals surface area contributed by atoms with Crippen molar-refractivity contribution in [2.45, 2.75) is 46.3 Å². The zero-order chi connectivity index (χ0) is 14.3. The fraction of sp³-hybridized carbons (Fsp3) is 0.929. The smallest absolute Gasteiger partial charge is 0.219 e. The van der Waals surface area contributed by atoms with Crippen LogP contribution in [0.15, 0.2) is 0 Å². The average molecular weight is 259 g/mol. The standard InChI is InChI=1S/C14H29NO3/c1-8-14(18-7)11(3)10(2)13(9-17-6)15(5)12(4)16/h10-11,13-14H,8-9H2,1-7H3. The van der Waals surface area contributed by atoms with Crippen LogP contribution in [0, 0.1) is 11.8 Å². The Bertz CT molecular complexity index is 241. The molecule has 0 rings (SSSR count). The minimum atomic E-state index is 0.0709. The zero-order valence-electron chi connectivity index (χ0n) is 12.9. The Morgan fingerprint density at radius 1 is 1.22 bits per heavy atom. The molecule has 0 aliphatic carbocycles. The van der Waals surface area contributed by atoms with Crippen LogP contribution in [0.1, 0.15) is 34.1 Å². The van der Waals surface area contributed by atoms with Crippen LogP contribution in [0.25, 0.3) is 0 Å². The molecule has 108 valence electrons. The minimum absolute atomic E-state index is 0.0709. The van der Waals surface area contributed by atoms with E-state index in [0.717, 1.165) is 6.42 Å². The average Bonchev–Trinajstić information content (AvgIpc) is 2.35. The monoisotopic (exact) mass is 259 g/mol. The Morgan fingerprint density at radius 3 is 2.11 bits per heavy atom. The quantitative estimate of drug-likeness (QED) is 0.670. The summed E-state index contributed by atoms with van der Waals surface area (Å²) in [6, 6.07) is 0.0895. The fourth-order valence-electron chi connectivity index (χ4n) is 2.46. The van der Waals surface area contributed by atoms with Crippen LogP contribution in [0.5, 0.6) is 0 Å². The largest absolute Gasteiger partial charge is 0.383 e. The maximum absolute atomic E-state index is 11.5. The molecular formula is C14H29NO3. The van der Waals surface area contributed by atoms with E-state index in [2.05, 4.69) is 20.8 Å². The van der Waals surface area contributed by atoms with Crippen molar-refractivity contribution in [3.05, 3.63) is 0 Å².